The predicted molar refractivity (Wildman–Crippen MR) is 111 cm³/mol. The molecule has 10 heteroatoms. The van der Waals surface area contributed by atoms with Gasteiger partial charge in [-0.2, -0.15) is 13.1 Å². The Balaban J connectivity index is 1.56. The molecule has 1 fully saturated rings. The topological polar surface area (TPSA) is 101 Å². The van der Waals surface area contributed by atoms with Gasteiger partial charge in [0.15, 0.2) is 0 Å². The van der Waals surface area contributed by atoms with Gasteiger partial charge in [-0.05, 0) is 56.2 Å². The van der Waals surface area contributed by atoms with Gasteiger partial charge in [0.1, 0.15) is 27.7 Å². The summed E-state index contributed by atoms with van der Waals surface area (Å²) in [5.41, 5.74) is 1.47. The quantitative estimate of drug-likeness (QED) is 0.643. The minimum Gasteiger partial charge on any atom is -0.494 e. The summed E-state index contributed by atoms with van der Waals surface area (Å²) in [6.07, 6.45) is 1.08. The van der Waals surface area contributed by atoms with Crippen molar-refractivity contribution in [2.24, 2.45) is 0 Å². The Labute approximate surface area is 172 Å². The van der Waals surface area contributed by atoms with E-state index in [1.165, 1.54) is 10.4 Å². The Morgan fingerprint density at radius 3 is 2.79 bits per heavy atom. The predicted octanol–water partition coefficient (Wildman–Crippen LogP) is 2.88. The lowest BCUT2D eigenvalue weighted by molar-refractivity contribution is -0.119. The van der Waals surface area contributed by atoms with Crippen molar-refractivity contribution < 1.29 is 17.9 Å². The second-order valence-electron chi connectivity index (χ2n) is 6.61. The van der Waals surface area contributed by atoms with Gasteiger partial charge in [0.25, 0.3) is 0 Å². The van der Waals surface area contributed by atoms with E-state index in [1.807, 2.05) is 6.92 Å². The van der Waals surface area contributed by atoms with Crippen molar-refractivity contribution in [2.45, 2.75) is 30.7 Å². The van der Waals surface area contributed by atoms with Gasteiger partial charge < -0.3 is 10.1 Å². The highest BCUT2D eigenvalue weighted by molar-refractivity contribution is 7.89. The van der Waals surface area contributed by atoms with Crippen LogP contribution in [-0.2, 0) is 14.8 Å². The molecule has 0 aliphatic carbocycles. The first-order valence-electron chi connectivity index (χ1n) is 9.27. The van der Waals surface area contributed by atoms with Crippen molar-refractivity contribution in [1.29, 1.82) is 0 Å². The normalized spacial score (nSPS) is 17.5. The molecule has 0 saturated carbocycles. The van der Waals surface area contributed by atoms with Gasteiger partial charge in [0.05, 0.1) is 18.3 Å². The van der Waals surface area contributed by atoms with Crippen molar-refractivity contribution >= 4 is 44.4 Å². The molecule has 8 nitrogen and oxygen atoms in total. The summed E-state index contributed by atoms with van der Waals surface area (Å²) < 4.78 is 41.5. The van der Waals surface area contributed by atoms with Crippen LogP contribution < -0.4 is 10.1 Å². The van der Waals surface area contributed by atoms with Crippen LogP contribution in [0, 0.1) is 0 Å². The van der Waals surface area contributed by atoms with Gasteiger partial charge >= 0.3 is 0 Å². The van der Waals surface area contributed by atoms with Gasteiger partial charge in [-0.15, -0.1) is 0 Å². The number of fused-ring (bicyclic) bond motifs is 1. The van der Waals surface area contributed by atoms with Crippen LogP contribution in [0.3, 0.4) is 0 Å². The number of nitrogens with one attached hydrogen (secondary N) is 1. The van der Waals surface area contributed by atoms with Crippen molar-refractivity contribution in [1.82, 2.24) is 13.1 Å². The zero-order valence-electron chi connectivity index (χ0n) is 15.7. The number of aromatic nitrogens is 2. The molecule has 3 aromatic rings. The molecule has 1 aromatic heterocycles. The molecule has 0 radical (unpaired) electrons. The molecular weight excluding hydrogens is 412 g/mol. The molecule has 0 bridgehead atoms. The van der Waals surface area contributed by atoms with E-state index in [0.717, 1.165) is 11.7 Å². The number of carbonyl (C=O) groups excluding carboxylic acids is 1. The summed E-state index contributed by atoms with van der Waals surface area (Å²) >= 11 is 0.967. The van der Waals surface area contributed by atoms with Crippen LogP contribution in [-0.4, -0.2) is 46.6 Å². The van der Waals surface area contributed by atoms with Crippen LogP contribution >= 0.6 is 11.7 Å². The fraction of sp³-hybridized carbons (Fsp3) is 0.316. The minimum atomic E-state index is -3.88. The molecule has 1 N–H and O–H groups in total. The fourth-order valence-corrected chi connectivity index (χ4v) is 5.84. The Morgan fingerprint density at radius 2 is 2.03 bits per heavy atom. The smallest absolute Gasteiger partial charge is 0.246 e. The average Bonchev–Trinajstić information content (AvgIpc) is 3.39. The maximum absolute atomic E-state index is 13.3. The number of ether oxygens (including phenoxy) is 1. The zero-order valence-corrected chi connectivity index (χ0v) is 17.4. The van der Waals surface area contributed by atoms with E-state index in [-0.39, 0.29) is 17.3 Å². The average molecular weight is 433 g/mol. The van der Waals surface area contributed by atoms with Gasteiger partial charge in [-0.3, -0.25) is 4.79 Å². The van der Waals surface area contributed by atoms with Gasteiger partial charge in [0.2, 0.25) is 15.9 Å². The molecule has 1 saturated heterocycles. The van der Waals surface area contributed by atoms with E-state index < -0.39 is 16.1 Å². The third-order valence-corrected chi connectivity index (χ3v) is 7.26. The summed E-state index contributed by atoms with van der Waals surface area (Å²) in [6, 6.07) is 11.1. The van der Waals surface area contributed by atoms with E-state index in [0.29, 0.717) is 41.9 Å². The molecule has 2 heterocycles. The second-order valence-corrected chi connectivity index (χ2v) is 9.00. The molecule has 4 rings (SSSR count). The number of sulfonamides is 1. The summed E-state index contributed by atoms with van der Waals surface area (Å²) in [6.45, 7) is 2.74. The number of hydrogen-bond acceptors (Lipinski definition) is 7. The minimum absolute atomic E-state index is 0.0875. The van der Waals surface area contributed by atoms with Crippen molar-refractivity contribution in [3.8, 4) is 5.75 Å². The van der Waals surface area contributed by atoms with Gasteiger partial charge in [0, 0.05) is 12.2 Å². The van der Waals surface area contributed by atoms with Crippen molar-refractivity contribution in [3.63, 3.8) is 0 Å². The maximum atomic E-state index is 13.3. The van der Waals surface area contributed by atoms with Crippen LogP contribution in [0.1, 0.15) is 19.8 Å². The van der Waals surface area contributed by atoms with Crippen LogP contribution in [0.5, 0.6) is 5.75 Å². The van der Waals surface area contributed by atoms with E-state index in [4.69, 9.17) is 4.74 Å². The number of nitrogens with zero attached hydrogens (tertiary/aromatic N) is 3. The first-order chi connectivity index (χ1) is 14.0. The van der Waals surface area contributed by atoms with Gasteiger partial charge in [-0.1, -0.05) is 6.07 Å². The number of benzene rings is 2. The number of amides is 1. The molecule has 1 amide bonds. The molecule has 29 heavy (non-hydrogen) atoms. The summed E-state index contributed by atoms with van der Waals surface area (Å²) in [5, 5.41) is 2.81. The molecule has 1 aliphatic rings. The van der Waals surface area contributed by atoms with Crippen molar-refractivity contribution in [3.05, 3.63) is 42.5 Å². The van der Waals surface area contributed by atoms with Crippen LogP contribution in [0.4, 0.5) is 5.69 Å². The number of anilines is 1. The summed E-state index contributed by atoms with van der Waals surface area (Å²) in [7, 11) is -3.88. The zero-order chi connectivity index (χ0) is 20.4. The monoisotopic (exact) mass is 432 g/mol. The molecule has 2 aromatic carbocycles. The van der Waals surface area contributed by atoms with Crippen LogP contribution in [0.25, 0.3) is 11.0 Å². The lowest BCUT2D eigenvalue weighted by Crippen LogP contribution is -2.43. The van der Waals surface area contributed by atoms with E-state index >= 15 is 0 Å². The highest BCUT2D eigenvalue weighted by Crippen LogP contribution is 2.30. The standard InChI is InChI=1S/C19H20N4O4S2/c1-2-27-14-10-8-13(9-11-14)20-19(24)16-6-4-12-23(16)29(25,26)17-7-3-5-15-18(17)22-28-21-15/h3,5,7-11,16H,2,4,6,12H2,1H3,(H,20,24). The molecule has 1 atom stereocenters. The third kappa shape index (κ3) is 3.83. The van der Waals surface area contributed by atoms with E-state index in [2.05, 4.69) is 14.1 Å². The number of rotatable bonds is 6. The second kappa shape index (κ2) is 8.05. The molecule has 1 aliphatic heterocycles. The largest absolute Gasteiger partial charge is 0.494 e. The van der Waals surface area contributed by atoms with Gasteiger partial charge in [-0.25, -0.2) is 8.42 Å². The third-order valence-electron chi connectivity index (χ3n) is 4.77. The van der Waals surface area contributed by atoms with Crippen LogP contribution in [0.2, 0.25) is 0 Å². The Kier molecular flexibility index (Phi) is 5.48. The molecule has 0 spiro atoms. The maximum Gasteiger partial charge on any atom is 0.246 e. The summed E-state index contributed by atoms with van der Waals surface area (Å²) in [5.74, 6) is 0.361. The molecule has 152 valence electrons. The molecular formula is C19H20N4O4S2. The number of carbonyl (C=O) groups is 1. The Morgan fingerprint density at radius 1 is 1.24 bits per heavy atom. The lowest BCUT2D eigenvalue weighted by Gasteiger charge is -2.23. The van der Waals surface area contributed by atoms with E-state index in [1.54, 1.807) is 36.4 Å². The first kappa shape index (κ1) is 19.7. The first-order valence-corrected chi connectivity index (χ1v) is 11.4. The van der Waals surface area contributed by atoms with Crippen LogP contribution in [0.15, 0.2) is 47.4 Å². The highest BCUT2D eigenvalue weighted by Gasteiger charge is 2.40. The van der Waals surface area contributed by atoms with Crippen molar-refractivity contribution in [2.75, 3.05) is 18.5 Å². The lowest BCUT2D eigenvalue weighted by atomic mass is 10.2. The Bertz CT molecular complexity index is 1130. The SMILES string of the molecule is CCOc1ccc(NC(=O)C2CCCN2S(=O)(=O)c2cccc3nsnc23)cc1. The fourth-order valence-electron chi connectivity index (χ4n) is 3.43. The number of hydrogen-bond donors (Lipinski definition) is 1. The van der Waals surface area contributed by atoms with E-state index in [9.17, 15) is 13.2 Å². The highest BCUT2D eigenvalue weighted by atomic mass is 32.2. The Hall–Kier alpha value is -2.56. The summed E-state index contributed by atoms with van der Waals surface area (Å²) in [4.78, 5) is 12.9. The molecule has 1 unspecified atom stereocenters.